The molecule has 0 aliphatic carbocycles. The van der Waals surface area contributed by atoms with E-state index in [1.54, 1.807) is 0 Å². The third-order valence-electron chi connectivity index (χ3n) is 0.436. The van der Waals surface area contributed by atoms with E-state index in [0.717, 1.165) is 0 Å². The fourth-order valence-electron chi connectivity index (χ4n) is 0.153. The summed E-state index contributed by atoms with van der Waals surface area (Å²) in [5, 5.41) is 0. The van der Waals surface area contributed by atoms with Gasteiger partial charge in [-0.3, -0.25) is 0 Å². The summed E-state index contributed by atoms with van der Waals surface area (Å²) in [5.41, 5.74) is -0.684. The molecule has 1 atom stereocenters. The van der Waals surface area contributed by atoms with Crippen LogP contribution in [0.1, 0.15) is 0 Å². The van der Waals surface area contributed by atoms with E-state index >= 15 is 0 Å². The number of thiol groups is 1. The van der Waals surface area contributed by atoms with E-state index in [4.69, 9.17) is 11.6 Å². The average molecular weight is 156 g/mol. The van der Waals surface area contributed by atoms with Crippen LogP contribution in [0, 0.1) is 0 Å². The molecule has 0 amide bonds. The van der Waals surface area contributed by atoms with Crippen LogP contribution in [-0.4, -0.2) is 13.9 Å². The number of hydrogen-bond acceptors (Lipinski definition) is 2. The zero-order chi connectivity index (χ0) is 6.57. The van der Waals surface area contributed by atoms with Crippen LogP contribution in [0.3, 0.4) is 0 Å². The van der Waals surface area contributed by atoms with Gasteiger partial charge in [-0.15, -0.1) is 18.2 Å². The Morgan fingerprint density at radius 2 is 2.25 bits per heavy atom. The number of hydrogen-bond donors (Lipinski definition) is 2. The van der Waals surface area contributed by atoms with Crippen LogP contribution in [0.15, 0.2) is 12.7 Å². The Hall–Kier alpha value is -0.0600. The standard InChI is InChI=1S/C3H6ClNO2S/c1-2-3(4)5-8(6)7/h2-3,8H,1H2,(H,5,6,7). The molecule has 0 aromatic heterocycles. The average Bonchev–Trinajstić information content (AvgIpc) is 1.65. The first-order valence-electron chi connectivity index (χ1n) is 1.84. The zero-order valence-corrected chi connectivity index (χ0v) is 5.65. The van der Waals surface area contributed by atoms with E-state index in [9.17, 15) is 8.42 Å². The quantitative estimate of drug-likeness (QED) is 0.258. The summed E-state index contributed by atoms with van der Waals surface area (Å²) in [6.07, 6.45) is 1.28. The maximum atomic E-state index is 9.76. The molecule has 5 heteroatoms. The molecular weight excluding hydrogens is 150 g/mol. The Morgan fingerprint density at radius 3 is 2.38 bits per heavy atom. The van der Waals surface area contributed by atoms with Crippen molar-refractivity contribution in [3.8, 4) is 0 Å². The normalized spacial score (nSPS) is 13.8. The molecule has 0 radical (unpaired) electrons. The highest BCUT2D eigenvalue weighted by atomic mass is 35.5. The lowest BCUT2D eigenvalue weighted by Crippen LogP contribution is -2.18. The second-order valence-corrected chi connectivity index (χ2v) is 2.27. The maximum absolute atomic E-state index is 9.76. The van der Waals surface area contributed by atoms with Gasteiger partial charge in [-0.2, -0.15) is 4.72 Å². The van der Waals surface area contributed by atoms with Crippen molar-refractivity contribution >= 4 is 22.5 Å². The summed E-state index contributed by atoms with van der Waals surface area (Å²) in [6.45, 7) is 3.25. The lowest BCUT2D eigenvalue weighted by Gasteiger charge is -1.94. The summed E-state index contributed by atoms with van der Waals surface area (Å²) in [5.74, 6) is 0. The van der Waals surface area contributed by atoms with Crippen molar-refractivity contribution in [3.63, 3.8) is 0 Å². The fourth-order valence-corrected chi connectivity index (χ4v) is 0.699. The molecule has 0 rings (SSSR count). The van der Waals surface area contributed by atoms with Crippen LogP contribution in [0.25, 0.3) is 0 Å². The molecule has 1 unspecified atom stereocenters. The van der Waals surface area contributed by atoms with E-state index in [2.05, 4.69) is 6.58 Å². The van der Waals surface area contributed by atoms with Crippen LogP contribution in [-0.2, 0) is 10.9 Å². The van der Waals surface area contributed by atoms with E-state index in [0.29, 0.717) is 0 Å². The van der Waals surface area contributed by atoms with E-state index < -0.39 is 16.4 Å². The van der Waals surface area contributed by atoms with Crippen molar-refractivity contribution in [2.45, 2.75) is 5.50 Å². The molecule has 0 fully saturated rings. The van der Waals surface area contributed by atoms with Crippen molar-refractivity contribution in [3.05, 3.63) is 12.7 Å². The monoisotopic (exact) mass is 155 g/mol. The van der Waals surface area contributed by atoms with Crippen molar-refractivity contribution in [1.82, 2.24) is 4.72 Å². The maximum Gasteiger partial charge on any atom is 0.202 e. The highest BCUT2D eigenvalue weighted by Crippen LogP contribution is 1.88. The summed E-state index contributed by atoms with van der Waals surface area (Å²) >= 11 is 5.25. The van der Waals surface area contributed by atoms with Crippen LogP contribution in [0.4, 0.5) is 0 Å². The highest BCUT2D eigenvalue weighted by Gasteiger charge is 1.93. The number of rotatable bonds is 3. The predicted octanol–water partition coefficient (Wildman–Crippen LogP) is -0.147. The second-order valence-electron chi connectivity index (χ2n) is 1.02. The van der Waals surface area contributed by atoms with Crippen LogP contribution < -0.4 is 4.72 Å². The first kappa shape index (κ1) is 7.94. The van der Waals surface area contributed by atoms with Gasteiger partial charge in [0.2, 0.25) is 10.9 Å². The predicted molar refractivity (Wildman–Crippen MR) is 33.3 cm³/mol. The Balaban J connectivity index is 3.54. The molecule has 0 aliphatic heterocycles. The molecule has 0 aromatic carbocycles. The molecule has 0 saturated carbocycles. The number of halogens is 1. The van der Waals surface area contributed by atoms with Crippen molar-refractivity contribution in [2.24, 2.45) is 0 Å². The molecule has 3 nitrogen and oxygen atoms in total. The smallest absolute Gasteiger partial charge is 0.202 e. The molecule has 0 bridgehead atoms. The van der Waals surface area contributed by atoms with Crippen LogP contribution >= 0.6 is 11.6 Å². The van der Waals surface area contributed by atoms with Gasteiger partial charge in [0.25, 0.3) is 0 Å². The third-order valence-corrected chi connectivity index (χ3v) is 1.36. The summed E-state index contributed by atoms with van der Waals surface area (Å²) in [4.78, 5) is 0. The van der Waals surface area contributed by atoms with E-state index in [1.165, 1.54) is 6.08 Å². The van der Waals surface area contributed by atoms with Gasteiger partial charge in [-0.05, 0) is 0 Å². The first-order chi connectivity index (χ1) is 3.66. The van der Waals surface area contributed by atoms with Gasteiger partial charge in [-0.25, -0.2) is 8.42 Å². The molecule has 0 spiro atoms. The molecule has 0 heterocycles. The topological polar surface area (TPSA) is 46.2 Å². The molecule has 0 aliphatic rings. The fraction of sp³-hybridized carbons (Fsp3) is 0.333. The van der Waals surface area contributed by atoms with Crippen LogP contribution in [0.2, 0.25) is 0 Å². The Bertz CT molecular complexity index is 136. The largest absolute Gasteiger partial charge is 0.215 e. The summed E-state index contributed by atoms with van der Waals surface area (Å²) in [7, 11) is -2.60. The van der Waals surface area contributed by atoms with Gasteiger partial charge in [0, 0.05) is 0 Å². The molecule has 0 aromatic rings. The lowest BCUT2D eigenvalue weighted by molar-refractivity contribution is 0.603. The van der Waals surface area contributed by atoms with Crippen molar-refractivity contribution < 1.29 is 8.42 Å². The molecule has 8 heavy (non-hydrogen) atoms. The van der Waals surface area contributed by atoms with Gasteiger partial charge >= 0.3 is 0 Å². The number of alkyl halides is 1. The minimum absolute atomic E-state index is 0.684. The molecule has 0 saturated heterocycles. The van der Waals surface area contributed by atoms with Gasteiger partial charge in [-0.1, -0.05) is 6.08 Å². The van der Waals surface area contributed by atoms with E-state index in [1.807, 2.05) is 4.72 Å². The minimum atomic E-state index is -2.60. The SMILES string of the molecule is C=CC(Cl)N[SH](=O)=O. The number of nitrogens with one attached hydrogen (secondary N) is 1. The van der Waals surface area contributed by atoms with Crippen molar-refractivity contribution in [1.29, 1.82) is 0 Å². The zero-order valence-electron chi connectivity index (χ0n) is 4.00. The van der Waals surface area contributed by atoms with Gasteiger partial charge in [0.1, 0.15) is 5.50 Å². The summed E-state index contributed by atoms with van der Waals surface area (Å²) in [6, 6.07) is 0. The molecule has 1 N–H and O–H groups in total. The minimum Gasteiger partial charge on any atom is -0.215 e. The molecule has 48 valence electrons. The molecular formula is C3H6ClNO2S. The van der Waals surface area contributed by atoms with Gasteiger partial charge < -0.3 is 0 Å². The Kier molecular flexibility index (Phi) is 3.85. The van der Waals surface area contributed by atoms with E-state index in [-0.39, 0.29) is 0 Å². The third kappa shape index (κ3) is 4.11. The first-order valence-corrected chi connectivity index (χ1v) is 3.45. The second kappa shape index (κ2) is 3.88. The van der Waals surface area contributed by atoms with Crippen molar-refractivity contribution in [2.75, 3.05) is 0 Å². The van der Waals surface area contributed by atoms with Crippen LogP contribution in [0.5, 0.6) is 0 Å². The lowest BCUT2D eigenvalue weighted by atomic mass is 10.7. The Labute approximate surface area is 54.4 Å². The highest BCUT2D eigenvalue weighted by molar-refractivity contribution is 7.70. The van der Waals surface area contributed by atoms with Gasteiger partial charge in [0.15, 0.2) is 0 Å². The van der Waals surface area contributed by atoms with Gasteiger partial charge in [0.05, 0.1) is 0 Å². The summed E-state index contributed by atoms with van der Waals surface area (Å²) < 4.78 is 21.5. The Morgan fingerprint density at radius 1 is 1.75 bits per heavy atom.